The van der Waals surface area contributed by atoms with E-state index in [1.807, 2.05) is 0 Å². The van der Waals surface area contributed by atoms with Crippen molar-refractivity contribution < 1.29 is 31.0 Å². The van der Waals surface area contributed by atoms with Gasteiger partial charge in [0.05, 0.1) is 0 Å². The Kier molecular flexibility index (Phi) is 71.1. The Morgan fingerprint density at radius 1 is 1.25 bits per heavy atom. The summed E-state index contributed by atoms with van der Waals surface area (Å²) in [5.74, 6) is 0. The predicted molar refractivity (Wildman–Crippen MR) is 34.9 cm³/mol. The molecule has 0 heterocycles. The topological polar surface area (TPSA) is 0 Å². The molecule has 0 aliphatic heterocycles. The molecule has 3 radical (unpaired) electrons. The first-order valence-electron chi connectivity index (χ1n) is 0.143. The Bertz CT molecular complexity index is 9.61. The van der Waals surface area contributed by atoms with Gasteiger partial charge in [0.1, 0.15) is 0 Å². The summed E-state index contributed by atoms with van der Waals surface area (Å²) < 4.78 is 0. The molecule has 0 unspecified atom stereocenters. The minimum atomic E-state index is 0. The van der Waals surface area contributed by atoms with Crippen molar-refractivity contribution in [2.24, 2.45) is 0 Å². The molecule has 19 valence electrons. The van der Waals surface area contributed by atoms with Gasteiger partial charge in [-0.2, -0.15) is 0 Å². The summed E-state index contributed by atoms with van der Waals surface area (Å²) in [4.78, 5) is 0. The minimum absolute atomic E-state index is 0. The van der Waals surface area contributed by atoms with Crippen LogP contribution in [0.5, 0.6) is 0 Å². The minimum Gasteiger partial charge on any atom is -1.00 e. The third kappa shape index (κ3) is 8.82. The molecule has 0 aliphatic carbocycles. The van der Waals surface area contributed by atoms with E-state index in [9.17, 15) is 0 Å². The van der Waals surface area contributed by atoms with Crippen LogP contribution in [-0.2, 0) is 0 Å². The fraction of sp³-hybridized carbons (Fsp3) is 0. The van der Waals surface area contributed by atoms with E-state index in [1.54, 1.807) is 0 Å². The molecular weight excluding hydrogens is 288 g/mol. The van der Waals surface area contributed by atoms with E-state index in [0.29, 0.717) is 0 Å². The first-order valence-corrected chi connectivity index (χ1v) is 6.43. The largest absolute Gasteiger partial charge is 1.00 e. The molecule has 0 aromatic carbocycles. The first-order chi connectivity index (χ1) is 1.00. The van der Waals surface area contributed by atoms with E-state index < -0.39 is 0 Å². The Labute approximate surface area is 75.2 Å². The summed E-state index contributed by atoms with van der Waals surface area (Å²) in [6, 6.07) is 0. The van der Waals surface area contributed by atoms with Crippen LogP contribution in [0.3, 0.4) is 0 Å². The average molecular weight is 289 g/mol. The summed E-state index contributed by atoms with van der Waals surface area (Å²) >= 11 is 4.24. The van der Waals surface area contributed by atoms with E-state index >= 15 is 0 Å². The standard InChI is InChI=1S/B.I2.Na.H/c;1-2;;/q;;+1;-1. The van der Waals surface area contributed by atoms with Gasteiger partial charge in [0, 0.05) is 45.6 Å². The van der Waals surface area contributed by atoms with Crippen molar-refractivity contribution in [2.75, 3.05) is 0 Å². The maximum Gasteiger partial charge on any atom is 1.00 e. The van der Waals surface area contributed by atoms with Gasteiger partial charge in [0.2, 0.25) is 0 Å². The van der Waals surface area contributed by atoms with Crippen LogP contribution in [0.1, 0.15) is 1.43 Å². The molecule has 0 aromatic heterocycles. The molecule has 0 rings (SSSR count). The summed E-state index contributed by atoms with van der Waals surface area (Å²) in [5.41, 5.74) is 0. The molecule has 0 nitrogen and oxygen atoms in total. The molecule has 4 heavy (non-hydrogen) atoms. The molecule has 0 bridgehead atoms. The second kappa shape index (κ2) is 17.7. The molecule has 0 aromatic rings. The quantitative estimate of drug-likeness (QED) is 0.376. The number of halogens is 2. The summed E-state index contributed by atoms with van der Waals surface area (Å²) in [5, 5.41) is 0. The van der Waals surface area contributed by atoms with Gasteiger partial charge in [-0.05, 0) is 0 Å². The predicted octanol–water partition coefficient (Wildman–Crippen LogP) is -1.49. The van der Waals surface area contributed by atoms with Gasteiger partial charge >= 0.3 is 29.6 Å². The molecule has 4 heteroatoms. The molecule has 0 N–H and O–H groups in total. The van der Waals surface area contributed by atoms with Gasteiger partial charge in [-0.15, -0.1) is 0 Å². The van der Waals surface area contributed by atoms with Crippen molar-refractivity contribution in [1.82, 2.24) is 0 Å². The molecule has 0 saturated heterocycles. The molecule has 0 fully saturated rings. The Morgan fingerprint density at radius 3 is 1.25 bits per heavy atom. The van der Waals surface area contributed by atoms with Crippen molar-refractivity contribution in [1.29, 1.82) is 0 Å². The second-order valence-corrected chi connectivity index (χ2v) is 0. The fourth-order valence-electron chi connectivity index (χ4n) is 0. The van der Waals surface area contributed by atoms with E-state index in [4.69, 9.17) is 0 Å². The molecule has 0 atom stereocenters. The van der Waals surface area contributed by atoms with Crippen LogP contribution in [-0.4, -0.2) is 8.41 Å². The summed E-state index contributed by atoms with van der Waals surface area (Å²) in [6.07, 6.45) is 0. The molecule has 0 spiro atoms. The third-order valence-corrected chi connectivity index (χ3v) is 0. The fourth-order valence-corrected chi connectivity index (χ4v) is 0. The normalized spacial score (nSPS) is 1.50. The van der Waals surface area contributed by atoms with Gasteiger partial charge in [-0.3, -0.25) is 0 Å². The van der Waals surface area contributed by atoms with E-state index in [0.717, 1.165) is 0 Å². The van der Waals surface area contributed by atoms with Gasteiger partial charge in [-0.25, -0.2) is 0 Å². The maximum absolute atomic E-state index is 2.12. The number of hydrogen-bond acceptors (Lipinski definition) is 0. The van der Waals surface area contributed by atoms with E-state index in [2.05, 4.69) is 37.2 Å². The summed E-state index contributed by atoms with van der Waals surface area (Å²) in [6.45, 7) is 0. The van der Waals surface area contributed by atoms with Gasteiger partial charge in [0.15, 0.2) is 0 Å². The number of hydrogen-bond donors (Lipinski definition) is 0. The number of rotatable bonds is 0. The Morgan fingerprint density at radius 2 is 1.25 bits per heavy atom. The average Bonchev–Trinajstić information content (AvgIpc) is 1.00. The van der Waals surface area contributed by atoms with Crippen molar-refractivity contribution >= 4 is 45.6 Å². The second-order valence-electron chi connectivity index (χ2n) is 0. The van der Waals surface area contributed by atoms with Crippen LogP contribution in [0.15, 0.2) is 0 Å². The molecule has 0 saturated carbocycles. The van der Waals surface area contributed by atoms with Crippen molar-refractivity contribution in [2.45, 2.75) is 0 Å². The van der Waals surface area contributed by atoms with Crippen LogP contribution >= 0.6 is 37.2 Å². The van der Waals surface area contributed by atoms with Gasteiger partial charge < -0.3 is 1.43 Å². The Hall–Kier alpha value is 2.52. The molecule has 0 aliphatic rings. The van der Waals surface area contributed by atoms with E-state index in [1.165, 1.54) is 0 Å². The van der Waals surface area contributed by atoms with Crippen molar-refractivity contribution in [3.8, 4) is 0 Å². The van der Waals surface area contributed by atoms with Crippen LogP contribution in [0, 0.1) is 0 Å². The van der Waals surface area contributed by atoms with Gasteiger partial charge in [0.25, 0.3) is 0 Å². The van der Waals surface area contributed by atoms with Crippen LogP contribution < -0.4 is 29.6 Å². The van der Waals surface area contributed by atoms with Crippen molar-refractivity contribution in [3.05, 3.63) is 0 Å². The Balaban J connectivity index is -0.00000000167. The molecule has 0 amide bonds. The van der Waals surface area contributed by atoms with Crippen molar-refractivity contribution in [3.63, 3.8) is 0 Å². The van der Waals surface area contributed by atoms with Crippen LogP contribution in [0.25, 0.3) is 0 Å². The molecular formula is HBI2Na. The zero-order valence-electron chi connectivity index (χ0n) is 3.33. The third-order valence-electron chi connectivity index (χ3n) is 0. The smallest absolute Gasteiger partial charge is 1.00 e. The van der Waals surface area contributed by atoms with Crippen LogP contribution in [0.2, 0.25) is 0 Å². The zero-order valence-corrected chi connectivity index (χ0v) is 8.65. The maximum atomic E-state index is 2.12. The monoisotopic (exact) mass is 289 g/mol. The summed E-state index contributed by atoms with van der Waals surface area (Å²) in [7, 11) is 0. The SMILES string of the molecule is II.[B].[H-].[Na+]. The van der Waals surface area contributed by atoms with Crippen LogP contribution in [0.4, 0.5) is 0 Å². The first kappa shape index (κ1) is 16.0. The van der Waals surface area contributed by atoms with Gasteiger partial charge in [-0.1, -0.05) is 0 Å². The van der Waals surface area contributed by atoms with E-state index in [-0.39, 0.29) is 39.4 Å². The zero-order chi connectivity index (χ0) is 2.00.